The van der Waals surface area contributed by atoms with Gasteiger partial charge >= 0.3 is 18.1 Å². The van der Waals surface area contributed by atoms with Gasteiger partial charge in [-0.25, -0.2) is 14.4 Å². The van der Waals surface area contributed by atoms with Gasteiger partial charge in [0.25, 0.3) is 0 Å². The summed E-state index contributed by atoms with van der Waals surface area (Å²) in [4.78, 5) is 37.8. The normalized spacial score (nSPS) is 20.8. The Bertz CT molecular complexity index is 384. The third-order valence-electron chi connectivity index (χ3n) is 3.09. The molecule has 0 aromatic rings. The summed E-state index contributed by atoms with van der Waals surface area (Å²) < 4.78 is 0. The summed E-state index contributed by atoms with van der Waals surface area (Å²) in [6, 6.07) is -1.52. The Kier molecular flexibility index (Phi) is 6.66. The second-order valence-corrected chi connectivity index (χ2v) is 4.64. The smallest absolute Gasteiger partial charge is 0.323 e. The van der Waals surface area contributed by atoms with Gasteiger partial charge in [0.15, 0.2) is 0 Å². The first-order valence-electron chi connectivity index (χ1n) is 6.72. The summed E-state index contributed by atoms with van der Waals surface area (Å²) in [5.41, 5.74) is 0. The summed E-state index contributed by atoms with van der Waals surface area (Å²) in [5, 5.41) is 27.2. The molecule has 11 heteroatoms. The molecule has 1 rings (SSSR count). The molecule has 11 nitrogen and oxygen atoms in total. The molecule has 0 saturated carbocycles. The van der Waals surface area contributed by atoms with E-state index in [0.717, 1.165) is 0 Å². The molecule has 22 heavy (non-hydrogen) atoms. The van der Waals surface area contributed by atoms with Crippen molar-refractivity contribution in [3.63, 3.8) is 0 Å². The molecule has 0 aliphatic carbocycles. The molecule has 6 N–H and O–H groups in total. The third-order valence-corrected chi connectivity index (χ3v) is 3.09. The van der Waals surface area contributed by atoms with Crippen molar-refractivity contribution in [1.82, 2.24) is 31.1 Å². The molecular formula is C11H22N6O5. The number of urea groups is 3. The minimum Gasteiger partial charge on any atom is -0.395 e. The predicted molar refractivity (Wildman–Crippen MR) is 75.7 cm³/mol. The van der Waals surface area contributed by atoms with Crippen LogP contribution in [0.15, 0.2) is 0 Å². The van der Waals surface area contributed by atoms with E-state index in [1.54, 1.807) is 0 Å². The van der Waals surface area contributed by atoms with E-state index < -0.39 is 24.4 Å². The second kappa shape index (κ2) is 8.24. The van der Waals surface area contributed by atoms with Crippen LogP contribution in [0.3, 0.4) is 0 Å². The molecule has 1 aliphatic rings. The highest BCUT2D eigenvalue weighted by molar-refractivity contribution is 5.82. The van der Waals surface area contributed by atoms with Crippen LogP contribution in [0.4, 0.5) is 14.4 Å². The zero-order valence-electron chi connectivity index (χ0n) is 12.5. The van der Waals surface area contributed by atoms with Gasteiger partial charge in [0.2, 0.25) is 0 Å². The fourth-order valence-electron chi connectivity index (χ4n) is 1.97. The van der Waals surface area contributed by atoms with Gasteiger partial charge in [0, 0.05) is 27.2 Å². The average molecular weight is 318 g/mol. The van der Waals surface area contributed by atoms with Gasteiger partial charge in [0.05, 0.1) is 13.2 Å². The number of hydrogen-bond donors (Lipinski definition) is 6. The standard InChI is InChI=1S/C11H22N6O5/c1-16-7(14-9(20)12-3-5-18)8(17(2)11(16)22)15-10(21)13-4-6-19/h7-8,18-19H,3-6H2,1-2H3,(H2,12,14,20)(H2,13,15,21). The van der Waals surface area contributed by atoms with Crippen molar-refractivity contribution in [2.45, 2.75) is 12.3 Å². The van der Waals surface area contributed by atoms with Gasteiger partial charge in [-0.2, -0.15) is 0 Å². The molecule has 0 aromatic heterocycles. The number of aliphatic hydroxyl groups excluding tert-OH is 2. The highest BCUT2D eigenvalue weighted by Crippen LogP contribution is 2.15. The number of nitrogens with one attached hydrogen (secondary N) is 4. The second-order valence-electron chi connectivity index (χ2n) is 4.64. The molecule has 0 aromatic carbocycles. The van der Waals surface area contributed by atoms with E-state index in [2.05, 4.69) is 21.3 Å². The van der Waals surface area contributed by atoms with Crippen LogP contribution in [0.25, 0.3) is 0 Å². The van der Waals surface area contributed by atoms with Gasteiger partial charge in [-0.05, 0) is 0 Å². The van der Waals surface area contributed by atoms with Crippen molar-refractivity contribution in [2.75, 3.05) is 40.4 Å². The van der Waals surface area contributed by atoms with E-state index >= 15 is 0 Å². The Morgan fingerprint density at radius 3 is 1.64 bits per heavy atom. The Labute approximate surface area is 127 Å². The Hall–Kier alpha value is -2.27. The number of amides is 6. The van der Waals surface area contributed by atoms with Crippen molar-refractivity contribution in [3.8, 4) is 0 Å². The maximum atomic E-state index is 11.9. The van der Waals surface area contributed by atoms with Crippen LogP contribution in [0.5, 0.6) is 0 Å². The summed E-state index contributed by atoms with van der Waals surface area (Å²) in [7, 11) is 2.98. The van der Waals surface area contributed by atoms with Crippen LogP contribution >= 0.6 is 0 Å². The van der Waals surface area contributed by atoms with Crippen molar-refractivity contribution < 1.29 is 24.6 Å². The number of rotatable bonds is 6. The van der Waals surface area contributed by atoms with Crippen molar-refractivity contribution >= 4 is 18.1 Å². The molecule has 0 spiro atoms. The highest BCUT2D eigenvalue weighted by Gasteiger charge is 2.43. The monoisotopic (exact) mass is 318 g/mol. The van der Waals surface area contributed by atoms with E-state index in [0.29, 0.717) is 0 Å². The highest BCUT2D eigenvalue weighted by atomic mass is 16.3. The van der Waals surface area contributed by atoms with Gasteiger partial charge < -0.3 is 41.3 Å². The molecule has 1 fully saturated rings. The van der Waals surface area contributed by atoms with E-state index in [-0.39, 0.29) is 32.3 Å². The minimum atomic E-state index is -0.781. The topological polar surface area (TPSA) is 146 Å². The minimum absolute atomic E-state index is 0.0706. The zero-order valence-corrected chi connectivity index (χ0v) is 12.5. The van der Waals surface area contributed by atoms with Crippen molar-refractivity contribution in [2.24, 2.45) is 0 Å². The quantitative estimate of drug-likeness (QED) is 0.314. The summed E-state index contributed by atoms with van der Waals surface area (Å²) >= 11 is 0. The number of carbonyl (C=O) groups is 3. The Morgan fingerprint density at radius 2 is 1.32 bits per heavy atom. The molecule has 1 aliphatic heterocycles. The van der Waals surface area contributed by atoms with Crippen LogP contribution in [-0.2, 0) is 0 Å². The number of aliphatic hydroxyl groups is 2. The van der Waals surface area contributed by atoms with Crippen LogP contribution in [0.2, 0.25) is 0 Å². The van der Waals surface area contributed by atoms with Crippen LogP contribution in [0.1, 0.15) is 0 Å². The SMILES string of the molecule is CN1C(=O)N(C)C(NC(=O)NCCO)C1NC(=O)NCCO. The number of nitrogens with zero attached hydrogens (tertiary/aromatic N) is 2. The molecular weight excluding hydrogens is 296 g/mol. The maximum Gasteiger partial charge on any atom is 0.323 e. The fraction of sp³-hybridized carbons (Fsp3) is 0.727. The lowest BCUT2D eigenvalue weighted by Crippen LogP contribution is -2.59. The lowest BCUT2D eigenvalue weighted by molar-refractivity contribution is 0.190. The van der Waals surface area contributed by atoms with Crippen LogP contribution < -0.4 is 21.3 Å². The lowest BCUT2D eigenvalue weighted by Gasteiger charge is -2.26. The average Bonchev–Trinajstić information content (AvgIpc) is 2.69. The van der Waals surface area contributed by atoms with E-state index in [1.807, 2.05) is 0 Å². The first-order valence-corrected chi connectivity index (χ1v) is 6.72. The summed E-state index contributed by atoms with van der Waals surface area (Å²) in [5.74, 6) is 0. The molecule has 0 bridgehead atoms. The fourth-order valence-corrected chi connectivity index (χ4v) is 1.97. The van der Waals surface area contributed by atoms with Gasteiger partial charge in [-0.3, -0.25) is 0 Å². The first-order chi connectivity index (χ1) is 10.4. The molecule has 6 amide bonds. The zero-order chi connectivity index (χ0) is 16.7. The van der Waals surface area contributed by atoms with Crippen LogP contribution in [0, 0.1) is 0 Å². The predicted octanol–water partition coefficient (Wildman–Crippen LogP) is -2.78. The largest absolute Gasteiger partial charge is 0.395 e. The number of likely N-dealkylation sites (N-methyl/N-ethyl adjacent to an activating group) is 2. The third kappa shape index (κ3) is 4.36. The Balaban J connectivity index is 2.70. The molecule has 1 saturated heterocycles. The molecule has 126 valence electrons. The van der Waals surface area contributed by atoms with E-state index in [1.165, 1.54) is 23.9 Å². The first kappa shape index (κ1) is 17.8. The maximum absolute atomic E-state index is 11.9. The number of carbonyl (C=O) groups excluding carboxylic acids is 3. The van der Waals surface area contributed by atoms with Gasteiger partial charge in [-0.1, -0.05) is 0 Å². The summed E-state index contributed by atoms with van der Waals surface area (Å²) in [6.45, 7) is -0.279. The number of hydrogen-bond acceptors (Lipinski definition) is 5. The van der Waals surface area contributed by atoms with E-state index in [4.69, 9.17) is 10.2 Å². The van der Waals surface area contributed by atoms with E-state index in [9.17, 15) is 14.4 Å². The molecule has 0 radical (unpaired) electrons. The molecule has 2 atom stereocenters. The van der Waals surface area contributed by atoms with Gasteiger partial charge in [0.1, 0.15) is 12.3 Å². The lowest BCUT2D eigenvalue weighted by atomic mass is 10.3. The summed E-state index contributed by atoms with van der Waals surface area (Å²) in [6.07, 6.45) is -1.56. The van der Waals surface area contributed by atoms with Crippen LogP contribution in [-0.4, -0.2) is 90.8 Å². The Morgan fingerprint density at radius 1 is 0.955 bits per heavy atom. The van der Waals surface area contributed by atoms with Crippen molar-refractivity contribution in [1.29, 1.82) is 0 Å². The van der Waals surface area contributed by atoms with Crippen molar-refractivity contribution in [3.05, 3.63) is 0 Å². The molecule has 2 unspecified atom stereocenters. The molecule has 1 heterocycles. The van der Waals surface area contributed by atoms with Gasteiger partial charge in [-0.15, -0.1) is 0 Å².